The van der Waals surface area contributed by atoms with Crippen LogP contribution in [0.15, 0.2) is 48.5 Å². The first-order valence-electron chi connectivity index (χ1n) is 34.6. The molecule has 458 valence electrons. The lowest BCUT2D eigenvalue weighted by atomic mass is 9.45. The van der Waals surface area contributed by atoms with Gasteiger partial charge in [0.15, 0.2) is 0 Å². The van der Waals surface area contributed by atoms with Gasteiger partial charge in [0, 0.05) is 11.3 Å². The summed E-state index contributed by atoms with van der Waals surface area (Å²) >= 11 is 0. The molecule has 0 spiro atoms. The molecule has 0 aliphatic heterocycles. The number of aromatic hydroxyl groups is 1. The summed E-state index contributed by atoms with van der Waals surface area (Å²) in [6, 6.07) is 15.8. The molecule has 1 amide bonds. The number of amides is 1. The Bertz CT molecular complexity index is 1820. The molecule has 0 bridgehead atoms. The second-order valence-electron chi connectivity index (χ2n) is 28.4. The van der Waals surface area contributed by atoms with Gasteiger partial charge in [-0.3, -0.25) is 4.79 Å². The van der Waals surface area contributed by atoms with Crippen LogP contribution in [0.2, 0.25) is 0 Å². The van der Waals surface area contributed by atoms with Crippen molar-refractivity contribution in [2.24, 2.45) is 48.7 Å². The van der Waals surface area contributed by atoms with Crippen molar-refractivity contribution < 1.29 is 9.90 Å². The van der Waals surface area contributed by atoms with Crippen molar-refractivity contribution in [3.05, 3.63) is 59.7 Å². The van der Waals surface area contributed by atoms with Gasteiger partial charge >= 0.3 is 0 Å². The van der Waals surface area contributed by atoms with Crippen molar-refractivity contribution in [3.63, 3.8) is 0 Å². The molecule has 2 unspecified atom stereocenters. The highest BCUT2D eigenvalue weighted by molar-refractivity contribution is 6.04. The fourth-order valence-corrected chi connectivity index (χ4v) is 18.1. The van der Waals surface area contributed by atoms with Crippen LogP contribution in [0.5, 0.6) is 5.75 Å². The molecule has 0 radical (unpaired) electrons. The Morgan fingerprint density at radius 3 is 0.911 bits per heavy atom. The molecule has 2 atom stereocenters. The molecule has 3 heteroatoms. The number of nitrogens with one attached hydrogen (secondary N) is 1. The lowest BCUT2D eigenvalue weighted by Crippen LogP contribution is -2.49. The van der Waals surface area contributed by atoms with E-state index in [9.17, 15) is 9.90 Å². The first kappa shape index (κ1) is 72.8. The molecule has 0 saturated heterocycles. The first-order valence-corrected chi connectivity index (χ1v) is 34.6. The summed E-state index contributed by atoms with van der Waals surface area (Å²) in [5, 5.41) is 13.1. The quantitative estimate of drug-likeness (QED) is 0.0513. The second-order valence-corrected chi connectivity index (χ2v) is 28.4. The Balaban J connectivity index is 3.67. The van der Waals surface area contributed by atoms with Crippen LogP contribution in [0.25, 0.3) is 0 Å². The molecule has 0 fully saturated rings. The largest absolute Gasteiger partial charge is 0.508 e. The standard InChI is InChI=1S/C76H137NO2/c1-22-42-43-52-74(54-68(24-3,25-4)26-5,55-69(27-6,28-7)29-8)60-75(56-70(30-9,31-10)32-11,53-67(21,23-2)63-46-44-62(45-47-63)66(79)77-64-48-50-65(78)51-49-64)61-76(57-71(33-12,34-13)35-14,58-72(36-15,37-16)38-17)59-73(39-18,40-19)41-20/h44-51,78H,22-43,52-61H2,1-21H3,(H,77,79). The van der Waals surface area contributed by atoms with E-state index in [0.29, 0.717) is 22.1 Å². The molecule has 0 aromatic heterocycles. The van der Waals surface area contributed by atoms with E-state index in [0.717, 1.165) is 6.42 Å². The molecule has 2 aromatic carbocycles. The predicted molar refractivity (Wildman–Crippen MR) is 353 cm³/mol. The third kappa shape index (κ3) is 18.6. The van der Waals surface area contributed by atoms with E-state index in [1.807, 2.05) is 0 Å². The van der Waals surface area contributed by atoms with Crippen molar-refractivity contribution in [1.82, 2.24) is 0 Å². The van der Waals surface area contributed by atoms with Crippen LogP contribution in [0, 0.1) is 48.7 Å². The summed E-state index contributed by atoms with van der Waals surface area (Å²) in [6.45, 7) is 53.9. The zero-order valence-electron chi connectivity index (χ0n) is 57.1. The van der Waals surface area contributed by atoms with Gasteiger partial charge in [-0.15, -0.1) is 0 Å². The van der Waals surface area contributed by atoms with E-state index in [2.05, 4.69) is 175 Å². The maximum atomic E-state index is 14.0. The van der Waals surface area contributed by atoms with Crippen molar-refractivity contribution in [1.29, 1.82) is 0 Å². The molecule has 0 heterocycles. The van der Waals surface area contributed by atoms with Crippen LogP contribution < -0.4 is 5.32 Å². The highest BCUT2D eigenvalue weighted by Gasteiger charge is 2.57. The van der Waals surface area contributed by atoms with Gasteiger partial charge in [-0.05, 0) is 167 Å². The highest BCUT2D eigenvalue weighted by Crippen LogP contribution is 2.68. The molecule has 0 aliphatic carbocycles. The minimum absolute atomic E-state index is 0.0265. The molecule has 0 aliphatic rings. The van der Waals surface area contributed by atoms with Crippen LogP contribution in [0.1, 0.15) is 367 Å². The van der Waals surface area contributed by atoms with Crippen LogP contribution in [0.3, 0.4) is 0 Å². The van der Waals surface area contributed by atoms with Gasteiger partial charge in [0.2, 0.25) is 0 Å². The third-order valence-electron chi connectivity index (χ3n) is 25.3. The number of unbranched alkanes of at least 4 members (excludes halogenated alkanes) is 2. The van der Waals surface area contributed by atoms with E-state index in [1.54, 1.807) is 24.3 Å². The number of carbonyl (C=O) groups excluding carboxylic acids is 1. The SMILES string of the molecule is CCCCCC(CC(CC)(CC)CC)(CC(CC)(CC)CC)CC(CC(CC)(CC)CC)(CC(CC(CC)(CC)CC)(CC(CC)(CC)CC)CC(CC)(CC)CC)CC(C)(CC)c1ccc(C(=O)Nc2ccc(O)cc2)cc1. The third-order valence-corrected chi connectivity index (χ3v) is 25.3. The maximum absolute atomic E-state index is 14.0. The average molecular weight is 1100 g/mol. The number of anilines is 1. The Morgan fingerprint density at radius 2 is 0.620 bits per heavy atom. The van der Waals surface area contributed by atoms with Gasteiger partial charge in [-0.1, -0.05) is 292 Å². The normalized spacial score (nSPS) is 15.1. The lowest BCUT2D eigenvalue weighted by molar-refractivity contribution is -0.0876. The van der Waals surface area contributed by atoms with Crippen LogP contribution in [-0.4, -0.2) is 11.0 Å². The Morgan fingerprint density at radius 1 is 0.342 bits per heavy atom. The Labute approximate surface area is 494 Å². The number of phenolic OH excluding ortho intramolecular Hbond substituents is 1. The number of hydrogen-bond donors (Lipinski definition) is 2. The number of rotatable bonds is 44. The molecule has 3 nitrogen and oxygen atoms in total. The first-order chi connectivity index (χ1) is 37.4. The Kier molecular flexibility index (Phi) is 30.1. The van der Waals surface area contributed by atoms with Gasteiger partial charge in [0.1, 0.15) is 5.75 Å². The van der Waals surface area contributed by atoms with Crippen molar-refractivity contribution in [3.8, 4) is 5.75 Å². The lowest BCUT2D eigenvalue weighted by Gasteiger charge is -2.60. The number of benzene rings is 2. The molecular weight excluding hydrogens is 959 g/mol. The van der Waals surface area contributed by atoms with Crippen molar-refractivity contribution >= 4 is 11.6 Å². The van der Waals surface area contributed by atoms with E-state index >= 15 is 0 Å². The summed E-state index contributed by atoms with van der Waals surface area (Å²) in [5.74, 6) is 0.0928. The van der Waals surface area contributed by atoms with Gasteiger partial charge < -0.3 is 10.4 Å². The summed E-state index contributed by atoms with van der Waals surface area (Å²) in [6.07, 6.45) is 40.7. The van der Waals surface area contributed by atoms with E-state index in [1.165, 1.54) is 205 Å². The fraction of sp³-hybridized carbons (Fsp3) is 0.829. The topological polar surface area (TPSA) is 49.3 Å². The zero-order valence-corrected chi connectivity index (χ0v) is 57.1. The smallest absolute Gasteiger partial charge is 0.255 e. The van der Waals surface area contributed by atoms with E-state index in [4.69, 9.17) is 0 Å². The molecule has 2 aromatic rings. The zero-order chi connectivity index (χ0) is 59.9. The minimum atomic E-state index is -0.130. The summed E-state index contributed by atoms with van der Waals surface area (Å²) in [4.78, 5) is 14.0. The van der Waals surface area contributed by atoms with Gasteiger partial charge in [0.05, 0.1) is 0 Å². The molecule has 2 rings (SSSR count). The summed E-state index contributed by atoms with van der Waals surface area (Å²) in [7, 11) is 0. The fourth-order valence-electron chi connectivity index (χ4n) is 18.1. The maximum Gasteiger partial charge on any atom is 0.255 e. The van der Waals surface area contributed by atoms with Crippen molar-refractivity contribution in [2.45, 2.75) is 356 Å². The average Bonchev–Trinajstić information content (AvgIpc) is 3.63. The van der Waals surface area contributed by atoms with Gasteiger partial charge in [0.25, 0.3) is 5.91 Å². The van der Waals surface area contributed by atoms with Crippen molar-refractivity contribution in [2.75, 3.05) is 5.32 Å². The van der Waals surface area contributed by atoms with Gasteiger partial charge in [-0.25, -0.2) is 0 Å². The minimum Gasteiger partial charge on any atom is -0.508 e. The van der Waals surface area contributed by atoms with Crippen LogP contribution in [-0.2, 0) is 5.41 Å². The molecule has 79 heavy (non-hydrogen) atoms. The monoisotopic (exact) mass is 1100 g/mol. The molecule has 2 N–H and O–H groups in total. The van der Waals surface area contributed by atoms with E-state index in [-0.39, 0.29) is 55.0 Å². The summed E-state index contributed by atoms with van der Waals surface area (Å²) < 4.78 is 0. The molecular formula is C76H137NO2. The van der Waals surface area contributed by atoms with E-state index < -0.39 is 0 Å². The number of hydrogen-bond acceptors (Lipinski definition) is 2. The predicted octanol–water partition coefficient (Wildman–Crippen LogP) is 25.7. The molecule has 0 saturated carbocycles. The number of phenols is 1. The second kappa shape index (κ2) is 32.7. The van der Waals surface area contributed by atoms with Crippen LogP contribution >= 0.6 is 0 Å². The highest BCUT2D eigenvalue weighted by atomic mass is 16.3. The van der Waals surface area contributed by atoms with Crippen LogP contribution in [0.4, 0.5) is 5.69 Å². The Hall–Kier alpha value is -2.29. The summed E-state index contributed by atoms with van der Waals surface area (Å²) in [5.41, 5.74) is 4.71. The van der Waals surface area contributed by atoms with Gasteiger partial charge in [-0.2, -0.15) is 0 Å². The number of carbonyl (C=O) groups is 1.